The van der Waals surface area contributed by atoms with Crippen molar-refractivity contribution in [2.24, 2.45) is 5.73 Å². The zero-order valence-electron chi connectivity index (χ0n) is 12.2. The number of carbonyl (C=O) groups excluding carboxylic acids is 1. The van der Waals surface area contributed by atoms with Gasteiger partial charge < -0.3 is 5.73 Å². The van der Waals surface area contributed by atoms with Crippen molar-refractivity contribution in [3.8, 4) is 28.3 Å². The summed E-state index contributed by atoms with van der Waals surface area (Å²) in [6.07, 6.45) is 1.53. The number of nitrogens with zero attached hydrogens (tertiary/aromatic N) is 2. The standard InChI is InChI=1S/C19H12N3O/c20-12-16-3-1-2-4-17(16)14-7-5-13(6-8-14)15-9-10-22-18(11-15)19(21)23/h1-10H,(H2,21,23). The van der Waals surface area contributed by atoms with Crippen LogP contribution in [-0.4, -0.2) is 10.9 Å². The first-order valence-electron chi connectivity index (χ1n) is 6.97. The lowest BCUT2D eigenvalue weighted by molar-refractivity contribution is 0.0995. The summed E-state index contributed by atoms with van der Waals surface area (Å²) in [5.74, 6) is -0.605. The van der Waals surface area contributed by atoms with Crippen LogP contribution in [0.25, 0.3) is 22.3 Å². The third kappa shape index (κ3) is 2.94. The average molecular weight is 298 g/mol. The monoisotopic (exact) mass is 298 g/mol. The molecule has 0 unspecified atom stereocenters. The van der Waals surface area contributed by atoms with Crippen molar-refractivity contribution < 1.29 is 4.79 Å². The zero-order chi connectivity index (χ0) is 16.2. The average Bonchev–Trinajstić information content (AvgIpc) is 2.62. The van der Waals surface area contributed by atoms with E-state index in [1.54, 1.807) is 12.1 Å². The Bertz CT molecular complexity index is 908. The van der Waals surface area contributed by atoms with E-state index in [9.17, 15) is 10.1 Å². The molecule has 1 amide bonds. The first-order chi connectivity index (χ1) is 11.2. The Morgan fingerprint density at radius 2 is 1.74 bits per heavy atom. The molecule has 0 fully saturated rings. The fourth-order valence-corrected chi connectivity index (χ4v) is 2.34. The number of amides is 1. The highest BCUT2D eigenvalue weighted by molar-refractivity contribution is 5.91. The Hall–Kier alpha value is -3.45. The van der Waals surface area contributed by atoms with Gasteiger partial charge in [-0.1, -0.05) is 42.5 Å². The number of hydrogen-bond acceptors (Lipinski definition) is 3. The molecule has 3 rings (SSSR count). The predicted molar refractivity (Wildman–Crippen MR) is 87.2 cm³/mol. The molecule has 0 aliphatic heterocycles. The van der Waals surface area contributed by atoms with Gasteiger partial charge in [0.25, 0.3) is 5.91 Å². The number of rotatable bonds is 3. The molecule has 0 bridgehead atoms. The van der Waals surface area contributed by atoms with Gasteiger partial charge in [-0.15, -0.1) is 0 Å². The Morgan fingerprint density at radius 1 is 1.04 bits per heavy atom. The summed E-state index contributed by atoms with van der Waals surface area (Å²) in [6, 6.07) is 22.0. The molecule has 2 N–H and O–H groups in total. The number of carbonyl (C=O) groups is 1. The molecule has 0 aliphatic carbocycles. The largest absolute Gasteiger partial charge is 0.364 e. The molecule has 0 saturated carbocycles. The number of primary amides is 1. The van der Waals surface area contributed by atoms with Gasteiger partial charge in [0, 0.05) is 12.3 Å². The third-order valence-electron chi connectivity index (χ3n) is 3.49. The summed E-state index contributed by atoms with van der Waals surface area (Å²) in [5.41, 5.74) is 9.45. The fourth-order valence-electron chi connectivity index (χ4n) is 2.34. The molecule has 4 nitrogen and oxygen atoms in total. The van der Waals surface area contributed by atoms with Crippen LogP contribution in [0.4, 0.5) is 0 Å². The minimum Gasteiger partial charge on any atom is -0.364 e. The molecular weight excluding hydrogens is 286 g/mol. The smallest absolute Gasteiger partial charge is 0.267 e. The van der Waals surface area contributed by atoms with Gasteiger partial charge in [0.2, 0.25) is 0 Å². The van der Waals surface area contributed by atoms with E-state index in [4.69, 9.17) is 5.73 Å². The molecule has 0 atom stereocenters. The maximum atomic E-state index is 11.2. The molecule has 109 valence electrons. The normalized spacial score (nSPS) is 10.0. The zero-order valence-corrected chi connectivity index (χ0v) is 12.2. The van der Waals surface area contributed by atoms with Gasteiger partial charge in [0.05, 0.1) is 11.6 Å². The van der Waals surface area contributed by atoms with Crippen LogP contribution in [0, 0.1) is 17.4 Å². The van der Waals surface area contributed by atoms with Crippen molar-refractivity contribution in [1.82, 2.24) is 4.98 Å². The minimum absolute atomic E-state index is 0.112. The Labute approximate surface area is 133 Å². The highest BCUT2D eigenvalue weighted by atomic mass is 16.1. The summed E-state index contributed by atoms with van der Waals surface area (Å²) in [5, 5.41) is 9.19. The minimum atomic E-state index is -0.605. The highest BCUT2D eigenvalue weighted by Crippen LogP contribution is 2.26. The molecule has 2 aromatic carbocycles. The van der Waals surface area contributed by atoms with E-state index in [-0.39, 0.29) is 5.69 Å². The predicted octanol–water partition coefficient (Wildman–Crippen LogP) is 3.19. The van der Waals surface area contributed by atoms with Crippen LogP contribution in [0.1, 0.15) is 16.1 Å². The molecule has 1 radical (unpaired) electrons. The van der Waals surface area contributed by atoms with Crippen LogP contribution in [0.15, 0.2) is 60.8 Å². The molecular formula is C19H12N3O. The number of pyridine rings is 1. The second-order valence-electron chi connectivity index (χ2n) is 4.93. The van der Waals surface area contributed by atoms with E-state index < -0.39 is 5.91 Å². The van der Waals surface area contributed by atoms with E-state index in [1.165, 1.54) is 6.20 Å². The summed E-state index contributed by atoms with van der Waals surface area (Å²) in [7, 11) is 0. The van der Waals surface area contributed by atoms with Gasteiger partial charge in [-0.05, 0) is 34.4 Å². The molecule has 1 aromatic heterocycles. The molecule has 3 aromatic rings. The van der Waals surface area contributed by atoms with Crippen LogP contribution in [0.5, 0.6) is 0 Å². The second-order valence-corrected chi connectivity index (χ2v) is 4.93. The Balaban J connectivity index is 1.98. The third-order valence-corrected chi connectivity index (χ3v) is 3.49. The van der Waals surface area contributed by atoms with Crippen molar-refractivity contribution in [3.63, 3.8) is 0 Å². The molecule has 1 heterocycles. The lowest BCUT2D eigenvalue weighted by Gasteiger charge is -2.06. The summed E-state index contributed by atoms with van der Waals surface area (Å²) in [4.78, 5) is 15.1. The van der Waals surface area contributed by atoms with Crippen LogP contribution in [-0.2, 0) is 0 Å². The summed E-state index contributed by atoms with van der Waals surface area (Å²) < 4.78 is 0. The van der Waals surface area contributed by atoms with Gasteiger partial charge in [-0.25, -0.2) is 0 Å². The lowest BCUT2D eigenvalue weighted by atomic mass is 9.97. The number of benzene rings is 2. The van der Waals surface area contributed by atoms with Gasteiger partial charge >= 0.3 is 0 Å². The van der Waals surface area contributed by atoms with E-state index in [2.05, 4.69) is 17.1 Å². The highest BCUT2D eigenvalue weighted by Gasteiger charge is 2.07. The van der Waals surface area contributed by atoms with Crippen LogP contribution in [0.3, 0.4) is 0 Å². The molecule has 4 heteroatoms. The fraction of sp³-hybridized carbons (Fsp3) is 0. The Morgan fingerprint density at radius 3 is 2.43 bits per heavy atom. The quantitative estimate of drug-likeness (QED) is 0.806. The molecule has 0 saturated heterocycles. The van der Waals surface area contributed by atoms with Crippen molar-refractivity contribution in [1.29, 1.82) is 5.26 Å². The number of aromatic nitrogens is 1. The van der Waals surface area contributed by atoms with E-state index in [0.29, 0.717) is 5.56 Å². The maximum Gasteiger partial charge on any atom is 0.267 e. The van der Waals surface area contributed by atoms with Gasteiger partial charge in [-0.3, -0.25) is 9.78 Å². The second kappa shape index (κ2) is 6.12. The summed E-state index contributed by atoms with van der Waals surface area (Å²) >= 11 is 0. The van der Waals surface area contributed by atoms with Crippen molar-refractivity contribution in [3.05, 3.63) is 78.1 Å². The first kappa shape index (κ1) is 14.5. The van der Waals surface area contributed by atoms with E-state index >= 15 is 0 Å². The lowest BCUT2D eigenvalue weighted by Crippen LogP contribution is -2.12. The van der Waals surface area contributed by atoms with Crippen molar-refractivity contribution in [2.75, 3.05) is 0 Å². The topological polar surface area (TPSA) is 79.8 Å². The van der Waals surface area contributed by atoms with Crippen LogP contribution in [0.2, 0.25) is 0 Å². The summed E-state index contributed by atoms with van der Waals surface area (Å²) in [6.45, 7) is 0. The first-order valence-corrected chi connectivity index (χ1v) is 6.97. The molecule has 0 spiro atoms. The maximum absolute atomic E-state index is 11.2. The van der Waals surface area contributed by atoms with Crippen molar-refractivity contribution >= 4 is 5.91 Å². The molecule has 23 heavy (non-hydrogen) atoms. The van der Waals surface area contributed by atoms with Gasteiger partial charge in [0.1, 0.15) is 5.69 Å². The van der Waals surface area contributed by atoms with E-state index in [0.717, 1.165) is 22.3 Å². The van der Waals surface area contributed by atoms with Crippen LogP contribution >= 0.6 is 0 Å². The number of nitriles is 1. The Kier molecular flexibility index (Phi) is 3.86. The number of nitrogens with two attached hydrogens (primary N) is 1. The van der Waals surface area contributed by atoms with Gasteiger partial charge in [-0.2, -0.15) is 5.26 Å². The van der Waals surface area contributed by atoms with Crippen molar-refractivity contribution in [2.45, 2.75) is 0 Å². The van der Waals surface area contributed by atoms with Crippen LogP contribution < -0.4 is 5.73 Å². The van der Waals surface area contributed by atoms with Gasteiger partial charge in [0.15, 0.2) is 0 Å². The van der Waals surface area contributed by atoms with E-state index in [1.807, 2.05) is 42.5 Å². The number of hydrogen-bond donors (Lipinski definition) is 1. The molecule has 0 aliphatic rings. The SMILES string of the molecule is N#Cc1ccccc1-c1ccc(-c2[c]c(C(N)=O)ncc2)cc1.